The SMILES string of the molecule is O=C(NNc1ccc(S(=O)(=O)NC2CC2)cc1)c1cc(S(=O)(=O)N2CCOCC2)c[nH]1. The maximum atomic E-state index is 12.6. The van der Waals surface area contributed by atoms with Crippen LogP contribution in [0.3, 0.4) is 0 Å². The minimum atomic E-state index is -3.71. The Bertz CT molecular complexity index is 1150. The number of benzene rings is 1. The number of hydrazine groups is 1. The van der Waals surface area contributed by atoms with E-state index < -0.39 is 26.0 Å². The predicted octanol–water partition coefficient (Wildman–Crippen LogP) is 0.233. The third kappa shape index (κ3) is 5.07. The molecule has 1 aliphatic heterocycles. The molecule has 2 heterocycles. The largest absolute Gasteiger partial charge is 0.379 e. The lowest BCUT2D eigenvalue weighted by Gasteiger charge is -2.25. The zero-order valence-corrected chi connectivity index (χ0v) is 18.1. The number of ether oxygens (including phenoxy) is 1. The number of anilines is 1. The number of hydrogen-bond donors (Lipinski definition) is 4. The van der Waals surface area contributed by atoms with Gasteiger partial charge < -0.3 is 9.72 Å². The molecule has 4 N–H and O–H groups in total. The standard InChI is InChI=1S/C18H23N5O6S2/c24-18(17-11-16(12-19-17)31(27,28)23-7-9-29-10-8-23)21-20-13-3-5-15(6-4-13)30(25,26)22-14-1-2-14/h3-6,11-12,14,19-20,22H,1-2,7-10H2,(H,21,24). The molecule has 0 spiro atoms. The van der Waals surface area contributed by atoms with Crippen LogP contribution in [0.25, 0.3) is 0 Å². The Morgan fingerprint density at radius 2 is 1.71 bits per heavy atom. The zero-order chi connectivity index (χ0) is 22.1. The molecular formula is C18H23N5O6S2. The molecule has 168 valence electrons. The highest BCUT2D eigenvalue weighted by Gasteiger charge is 2.29. The van der Waals surface area contributed by atoms with Crippen molar-refractivity contribution in [2.24, 2.45) is 0 Å². The number of carbonyl (C=O) groups is 1. The quantitative estimate of drug-likeness (QED) is 0.404. The average molecular weight is 470 g/mol. The molecule has 13 heteroatoms. The van der Waals surface area contributed by atoms with E-state index in [1.165, 1.54) is 40.8 Å². The van der Waals surface area contributed by atoms with E-state index in [1.54, 1.807) is 0 Å². The Hall–Kier alpha value is -2.45. The molecule has 2 aromatic rings. The topological polar surface area (TPSA) is 150 Å². The average Bonchev–Trinajstić information content (AvgIpc) is 3.41. The van der Waals surface area contributed by atoms with Gasteiger partial charge in [-0.25, -0.2) is 21.6 Å². The molecule has 4 rings (SSSR count). The summed E-state index contributed by atoms with van der Waals surface area (Å²) in [4.78, 5) is 15.1. The van der Waals surface area contributed by atoms with Crippen LogP contribution in [0, 0.1) is 0 Å². The molecule has 1 aliphatic carbocycles. The van der Waals surface area contributed by atoms with Gasteiger partial charge in [0.05, 0.1) is 23.8 Å². The van der Waals surface area contributed by atoms with E-state index >= 15 is 0 Å². The molecular weight excluding hydrogens is 446 g/mol. The van der Waals surface area contributed by atoms with E-state index in [4.69, 9.17) is 4.74 Å². The number of aromatic nitrogens is 1. The number of nitrogens with one attached hydrogen (secondary N) is 4. The highest BCUT2D eigenvalue weighted by Crippen LogP contribution is 2.23. The van der Waals surface area contributed by atoms with Gasteiger partial charge in [0.25, 0.3) is 5.91 Å². The summed E-state index contributed by atoms with van der Waals surface area (Å²) in [5, 5.41) is 0. The molecule has 0 unspecified atom stereocenters. The van der Waals surface area contributed by atoms with E-state index in [0.717, 1.165) is 12.8 Å². The second-order valence-electron chi connectivity index (χ2n) is 7.26. The summed E-state index contributed by atoms with van der Waals surface area (Å²) in [6, 6.07) is 7.18. The number of carbonyl (C=O) groups excluding carboxylic acids is 1. The van der Waals surface area contributed by atoms with Gasteiger partial charge in [-0.1, -0.05) is 0 Å². The smallest absolute Gasteiger partial charge is 0.286 e. The van der Waals surface area contributed by atoms with Crippen molar-refractivity contribution in [2.75, 3.05) is 31.7 Å². The first-order valence-electron chi connectivity index (χ1n) is 9.71. The summed E-state index contributed by atoms with van der Waals surface area (Å²) in [6.07, 6.45) is 2.96. The monoisotopic (exact) mass is 469 g/mol. The van der Waals surface area contributed by atoms with Crippen LogP contribution in [0.4, 0.5) is 5.69 Å². The Balaban J connectivity index is 1.36. The van der Waals surface area contributed by atoms with Crippen molar-refractivity contribution in [1.29, 1.82) is 0 Å². The lowest BCUT2D eigenvalue weighted by molar-refractivity contribution is 0.0730. The first kappa shape index (κ1) is 21.8. The van der Waals surface area contributed by atoms with Crippen molar-refractivity contribution < 1.29 is 26.4 Å². The number of H-pyrrole nitrogens is 1. The van der Waals surface area contributed by atoms with Crippen LogP contribution in [-0.4, -0.2) is 64.4 Å². The lowest BCUT2D eigenvalue weighted by Crippen LogP contribution is -2.40. The minimum absolute atomic E-state index is 0.00253. The Kier molecular flexibility index (Phi) is 6.03. The van der Waals surface area contributed by atoms with E-state index in [1.807, 2.05) is 0 Å². The van der Waals surface area contributed by atoms with Crippen molar-refractivity contribution in [3.8, 4) is 0 Å². The van der Waals surface area contributed by atoms with Gasteiger partial charge >= 0.3 is 0 Å². The molecule has 1 saturated carbocycles. The number of amides is 1. The number of hydrogen-bond acceptors (Lipinski definition) is 7. The highest BCUT2D eigenvalue weighted by atomic mass is 32.2. The van der Waals surface area contributed by atoms with Crippen molar-refractivity contribution in [2.45, 2.75) is 28.7 Å². The normalized spacial score (nSPS) is 17.9. The van der Waals surface area contributed by atoms with Crippen molar-refractivity contribution in [3.63, 3.8) is 0 Å². The molecule has 2 fully saturated rings. The summed E-state index contributed by atoms with van der Waals surface area (Å²) < 4.78 is 58.7. The van der Waals surface area contributed by atoms with Gasteiger partial charge in [-0.15, -0.1) is 0 Å². The van der Waals surface area contributed by atoms with E-state index in [0.29, 0.717) is 18.9 Å². The number of rotatable bonds is 8. The van der Waals surface area contributed by atoms with Crippen molar-refractivity contribution in [3.05, 3.63) is 42.2 Å². The first-order chi connectivity index (χ1) is 14.8. The zero-order valence-electron chi connectivity index (χ0n) is 16.5. The minimum Gasteiger partial charge on any atom is -0.379 e. The predicted molar refractivity (Wildman–Crippen MR) is 111 cm³/mol. The lowest BCUT2D eigenvalue weighted by atomic mass is 10.3. The molecule has 1 saturated heterocycles. The Morgan fingerprint density at radius 3 is 2.35 bits per heavy atom. The van der Waals surface area contributed by atoms with Crippen LogP contribution < -0.4 is 15.6 Å². The summed E-state index contributed by atoms with van der Waals surface area (Å²) in [5.74, 6) is -0.574. The van der Waals surface area contributed by atoms with Gasteiger partial charge in [0, 0.05) is 25.3 Å². The Labute approximate surface area is 180 Å². The van der Waals surface area contributed by atoms with Gasteiger partial charge in [0.15, 0.2) is 0 Å². The number of aromatic amines is 1. The molecule has 1 amide bonds. The molecule has 1 aromatic carbocycles. The van der Waals surface area contributed by atoms with Gasteiger partial charge in [0.1, 0.15) is 10.6 Å². The van der Waals surface area contributed by atoms with E-state index in [2.05, 4.69) is 20.6 Å². The van der Waals surface area contributed by atoms with Gasteiger partial charge in [-0.3, -0.25) is 15.6 Å². The molecule has 0 atom stereocenters. The maximum absolute atomic E-state index is 12.6. The van der Waals surface area contributed by atoms with Crippen LogP contribution in [0.15, 0.2) is 46.3 Å². The molecule has 0 bridgehead atoms. The van der Waals surface area contributed by atoms with Crippen LogP contribution >= 0.6 is 0 Å². The van der Waals surface area contributed by atoms with Crippen LogP contribution in [0.5, 0.6) is 0 Å². The molecule has 11 nitrogen and oxygen atoms in total. The second kappa shape index (κ2) is 8.59. The fraction of sp³-hybridized carbons (Fsp3) is 0.389. The number of nitrogens with zero attached hydrogens (tertiary/aromatic N) is 1. The maximum Gasteiger partial charge on any atom is 0.286 e. The fourth-order valence-corrected chi connectivity index (χ4v) is 5.70. The fourth-order valence-electron chi connectivity index (χ4n) is 2.99. The summed E-state index contributed by atoms with van der Waals surface area (Å²) >= 11 is 0. The van der Waals surface area contributed by atoms with Gasteiger partial charge in [0.2, 0.25) is 20.0 Å². The first-order valence-corrected chi connectivity index (χ1v) is 12.6. The second-order valence-corrected chi connectivity index (χ2v) is 10.9. The van der Waals surface area contributed by atoms with E-state index in [9.17, 15) is 21.6 Å². The van der Waals surface area contributed by atoms with E-state index in [-0.39, 0.29) is 34.6 Å². The summed E-state index contributed by atoms with van der Waals surface area (Å²) in [6.45, 7) is 1.19. The Morgan fingerprint density at radius 1 is 1.03 bits per heavy atom. The third-order valence-corrected chi connectivity index (χ3v) is 8.31. The third-order valence-electron chi connectivity index (χ3n) is 4.89. The molecule has 0 radical (unpaired) electrons. The van der Waals surface area contributed by atoms with Crippen LogP contribution in [-0.2, 0) is 24.8 Å². The summed E-state index contributed by atoms with van der Waals surface area (Å²) in [5.41, 5.74) is 5.65. The summed E-state index contributed by atoms with van der Waals surface area (Å²) in [7, 11) is -7.25. The number of morpholine rings is 1. The van der Waals surface area contributed by atoms with Crippen LogP contribution in [0.2, 0.25) is 0 Å². The van der Waals surface area contributed by atoms with Crippen molar-refractivity contribution in [1.82, 2.24) is 19.4 Å². The number of sulfonamides is 2. The molecule has 1 aromatic heterocycles. The molecule has 31 heavy (non-hydrogen) atoms. The van der Waals surface area contributed by atoms with Crippen LogP contribution in [0.1, 0.15) is 23.3 Å². The molecule has 2 aliphatic rings. The van der Waals surface area contributed by atoms with Gasteiger partial charge in [-0.2, -0.15) is 4.31 Å². The highest BCUT2D eigenvalue weighted by molar-refractivity contribution is 7.89. The van der Waals surface area contributed by atoms with Gasteiger partial charge in [-0.05, 0) is 43.2 Å². The van der Waals surface area contributed by atoms with Crippen molar-refractivity contribution >= 4 is 31.6 Å².